The minimum atomic E-state index is -0.00186. The Balaban J connectivity index is 1.52. The Bertz CT molecular complexity index is 976. The van der Waals surface area contributed by atoms with Gasteiger partial charge in [0.2, 0.25) is 0 Å². The van der Waals surface area contributed by atoms with Gasteiger partial charge in [-0.1, -0.05) is 42.5 Å². The molecule has 156 valence electrons. The number of nitrogens with zero attached hydrogens (tertiary/aromatic N) is 4. The minimum absolute atomic E-state index is 0.00186. The number of carbonyl (C=O) groups is 1. The summed E-state index contributed by atoms with van der Waals surface area (Å²) in [6, 6.07) is 17.9. The number of aromatic nitrogens is 2. The van der Waals surface area contributed by atoms with Crippen LogP contribution in [0.15, 0.2) is 72.0 Å². The number of guanidine groups is 1. The summed E-state index contributed by atoms with van der Waals surface area (Å²) in [5.74, 6) is 1.63. The predicted octanol–water partition coefficient (Wildman–Crippen LogP) is 2.50. The van der Waals surface area contributed by atoms with Crippen LogP contribution in [-0.4, -0.2) is 47.5 Å². The molecular formula is C23H28N6O. The molecule has 0 radical (unpaired) electrons. The first-order chi connectivity index (χ1) is 14.6. The topological polar surface area (TPSA) is 74.6 Å². The summed E-state index contributed by atoms with van der Waals surface area (Å²) in [7, 11) is 5.24. The molecule has 1 aromatic heterocycles. The first-order valence-electron chi connectivity index (χ1n) is 9.86. The first kappa shape index (κ1) is 21.1. The van der Waals surface area contributed by atoms with Crippen molar-refractivity contribution < 1.29 is 4.79 Å². The molecule has 0 aliphatic heterocycles. The Labute approximate surface area is 177 Å². The number of aliphatic imine (C=N–C) groups is 1. The van der Waals surface area contributed by atoms with Gasteiger partial charge in [0.25, 0.3) is 5.91 Å². The van der Waals surface area contributed by atoms with Gasteiger partial charge in [-0.05, 0) is 23.3 Å². The molecule has 0 aliphatic rings. The molecule has 7 nitrogen and oxygen atoms in total. The van der Waals surface area contributed by atoms with E-state index in [1.807, 2.05) is 54.9 Å². The molecule has 0 saturated carbocycles. The van der Waals surface area contributed by atoms with E-state index in [0.717, 1.165) is 17.9 Å². The zero-order chi connectivity index (χ0) is 21.3. The van der Waals surface area contributed by atoms with Crippen LogP contribution in [-0.2, 0) is 19.6 Å². The zero-order valence-electron chi connectivity index (χ0n) is 17.7. The molecular weight excluding hydrogens is 376 g/mol. The highest BCUT2D eigenvalue weighted by Crippen LogP contribution is 2.07. The lowest BCUT2D eigenvalue weighted by atomic mass is 10.1. The maximum atomic E-state index is 12.0. The SMILES string of the molecule is CN=C(NCc1ccc(C(=O)N(C)C)cc1)NCc1nccn1Cc1ccccc1. The van der Waals surface area contributed by atoms with Gasteiger partial charge in [0.15, 0.2) is 5.96 Å². The van der Waals surface area contributed by atoms with Gasteiger partial charge < -0.3 is 20.1 Å². The Morgan fingerprint density at radius 2 is 1.70 bits per heavy atom. The van der Waals surface area contributed by atoms with Crippen molar-refractivity contribution in [1.29, 1.82) is 0 Å². The molecule has 0 atom stereocenters. The zero-order valence-corrected chi connectivity index (χ0v) is 17.7. The highest BCUT2D eigenvalue weighted by Gasteiger charge is 2.08. The summed E-state index contributed by atoms with van der Waals surface area (Å²) in [4.78, 5) is 22.3. The molecule has 0 unspecified atom stereocenters. The van der Waals surface area contributed by atoms with Gasteiger partial charge in [-0.2, -0.15) is 0 Å². The van der Waals surface area contributed by atoms with Crippen molar-refractivity contribution in [3.63, 3.8) is 0 Å². The maximum Gasteiger partial charge on any atom is 0.253 e. The van der Waals surface area contributed by atoms with E-state index in [1.165, 1.54) is 5.56 Å². The number of hydrogen-bond donors (Lipinski definition) is 2. The maximum absolute atomic E-state index is 12.0. The van der Waals surface area contributed by atoms with Crippen LogP contribution in [0.2, 0.25) is 0 Å². The number of rotatable bonds is 7. The van der Waals surface area contributed by atoms with Gasteiger partial charge in [0.05, 0.1) is 6.54 Å². The second-order valence-corrected chi connectivity index (χ2v) is 7.13. The van der Waals surface area contributed by atoms with E-state index in [4.69, 9.17) is 0 Å². The molecule has 0 bridgehead atoms. The fraction of sp³-hybridized carbons (Fsp3) is 0.261. The third-order valence-corrected chi connectivity index (χ3v) is 4.70. The summed E-state index contributed by atoms with van der Waals surface area (Å²) in [5.41, 5.74) is 2.98. The lowest BCUT2D eigenvalue weighted by Crippen LogP contribution is -2.37. The number of carbonyl (C=O) groups excluding carboxylic acids is 1. The van der Waals surface area contributed by atoms with Crippen LogP contribution in [0.1, 0.15) is 27.3 Å². The van der Waals surface area contributed by atoms with Gasteiger partial charge in [-0.3, -0.25) is 9.79 Å². The van der Waals surface area contributed by atoms with E-state index in [-0.39, 0.29) is 5.91 Å². The smallest absolute Gasteiger partial charge is 0.253 e. The lowest BCUT2D eigenvalue weighted by molar-refractivity contribution is 0.0827. The molecule has 1 heterocycles. The first-order valence-corrected chi connectivity index (χ1v) is 9.86. The highest BCUT2D eigenvalue weighted by atomic mass is 16.2. The Hall–Kier alpha value is -3.61. The standard InChI is InChI=1S/C23H28N6O/c1-24-23(26-15-18-9-11-20(12-10-18)22(30)28(2)3)27-16-21-25-13-14-29(21)17-19-7-5-4-6-8-19/h4-14H,15-17H2,1-3H3,(H2,24,26,27). The van der Waals surface area contributed by atoms with Crippen LogP contribution >= 0.6 is 0 Å². The molecule has 3 aromatic rings. The van der Waals surface area contributed by atoms with E-state index in [1.54, 1.807) is 26.0 Å². The quantitative estimate of drug-likeness (QED) is 0.469. The second kappa shape index (κ2) is 10.2. The number of benzene rings is 2. The molecule has 30 heavy (non-hydrogen) atoms. The summed E-state index contributed by atoms with van der Waals surface area (Å²) in [5, 5.41) is 6.60. The molecule has 1 amide bonds. The van der Waals surface area contributed by atoms with Crippen molar-refractivity contribution in [2.45, 2.75) is 19.6 Å². The van der Waals surface area contributed by atoms with Gasteiger partial charge >= 0.3 is 0 Å². The Kier molecular flexibility index (Phi) is 7.21. The molecule has 0 saturated heterocycles. The number of imidazole rings is 1. The fourth-order valence-corrected chi connectivity index (χ4v) is 3.02. The summed E-state index contributed by atoms with van der Waals surface area (Å²) in [6.45, 7) is 1.95. The monoisotopic (exact) mass is 404 g/mol. The van der Waals surface area contributed by atoms with Crippen LogP contribution in [0.25, 0.3) is 0 Å². The van der Waals surface area contributed by atoms with Gasteiger partial charge in [0, 0.05) is 52.2 Å². The van der Waals surface area contributed by atoms with Crippen LogP contribution in [0.4, 0.5) is 0 Å². The predicted molar refractivity (Wildman–Crippen MR) is 119 cm³/mol. The number of nitrogens with one attached hydrogen (secondary N) is 2. The van der Waals surface area contributed by atoms with Crippen LogP contribution in [0, 0.1) is 0 Å². The third kappa shape index (κ3) is 5.70. The van der Waals surface area contributed by atoms with Crippen molar-refractivity contribution in [2.24, 2.45) is 4.99 Å². The van der Waals surface area contributed by atoms with Crippen molar-refractivity contribution >= 4 is 11.9 Å². The average molecular weight is 405 g/mol. The second-order valence-electron chi connectivity index (χ2n) is 7.13. The lowest BCUT2D eigenvalue weighted by Gasteiger charge is -2.14. The normalized spacial score (nSPS) is 11.2. The molecule has 7 heteroatoms. The Morgan fingerprint density at radius 3 is 2.37 bits per heavy atom. The number of hydrogen-bond acceptors (Lipinski definition) is 3. The fourth-order valence-electron chi connectivity index (χ4n) is 3.02. The van der Waals surface area contributed by atoms with Crippen LogP contribution < -0.4 is 10.6 Å². The molecule has 2 N–H and O–H groups in total. The average Bonchev–Trinajstić information content (AvgIpc) is 3.21. The summed E-state index contributed by atoms with van der Waals surface area (Å²) in [6.07, 6.45) is 3.80. The molecule has 0 spiro atoms. The van der Waals surface area contributed by atoms with Crippen molar-refractivity contribution in [3.05, 3.63) is 89.5 Å². The molecule has 3 rings (SSSR count). The minimum Gasteiger partial charge on any atom is -0.352 e. The molecule has 0 fully saturated rings. The van der Waals surface area contributed by atoms with Gasteiger partial charge in [-0.25, -0.2) is 4.98 Å². The van der Waals surface area contributed by atoms with E-state index < -0.39 is 0 Å². The van der Waals surface area contributed by atoms with E-state index in [9.17, 15) is 4.79 Å². The van der Waals surface area contributed by atoms with E-state index in [0.29, 0.717) is 24.6 Å². The van der Waals surface area contributed by atoms with E-state index >= 15 is 0 Å². The van der Waals surface area contributed by atoms with Crippen LogP contribution in [0.5, 0.6) is 0 Å². The summed E-state index contributed by atoms with van der Waals surface area (Å²) >= 11 is 0. The van der Waals surface area contributed by atoms with Gasteiger partial charge in [-0.15, -0.1) is 0 Å². The third-order valence-electron chi connectivity index (χ3n) is 4.70. The van der Waals surface area contributed by atoms with Crippen LogP contribution in [0.3, 0.4) is 0 Å². The van der Waals surface area contributed by atoms with E-state index in [2.05, 4.69) is 37.3 Å². The largest absolute Gasteiger partial charge is 0.352 e. The Morgan fingerprint density at radius 1 is 1.00 bits per heavy atom. The summed E-state index contributed by atoms with van der Waals surface area (Å²) < 4.78 is 2.12. The number of amides is 1. The molecule has 0 aliphatic carbocycles. The van der Waals surface area contributed by atoms with Crippen molar-refractivity contribution in [1.82, 2.24) is 25.1 Å². The van der Waals surface area contributed by atoms with Crippen molar-refractivity contribution in [3.8, 4) is 0 Å². The highest BCUT2D eigenvalue weighted by molar-refractivity contribution is 5.93. The molecule has 2 aromatic carbocycles. The van der Waals surface area contributed by atoms with Gasteiger partial charge in [0.1, 0.15) is 5.82 Å². The van der Waals surface area contributed by atoms with Crippen molar-refractivity contribution in [2.75, 3.05) is 21.1 Å².